The molecule has 184 valence electrons. The van der Waals surface area contributed by atoms with Crippen LogP contribution in [0.2, 0.25) is 0 Å². The Kier molecular flexibility index (Phi) is 10.8. The Bertz CT molecular complexity index is 1090. The van der Waals surface area contributed by atoms with Gasteiger partial charge in [0, 0.05) is 28.5 Å². The fourth-order valence-electron chi connectivity index (χ4n) is 3.65. The van der Waals surface area contributed by atoms with E-state index in [9.17, 15) is 9.59 Å². The van der Waals surface area contributed by atoms with Crippen LogP contribution < -0.4 is 10.1 Å². The number of unbranched alkanes of at least 4 members (excludes halogenated alkanes) is 1. The SMILES string of the molecule is CCCCNC(=O)[C@H](Cc1ccccc1)N(Cc1cccc(Br)c1)C(=O)COc1ccc(Br)cc1. The van der Waals surface area contributed by atoms with Gasteiger partial charge in [-0.05, 0) is 53.9 Å². The number of amides is 2. The fraction of sp³-hybridized carbons (Fsp3) is 0.286. The smallest absolute Gasteiger partial charge is 0.261 e. The average Bonchev–Trinajstić information content (AvgIpc) is 2.86. The molecular weight excluding hydrogens is 572 g/mol. The van der Waals surface area contributed by atoms with Crippen LogP contribution in [0.4, 0.5) is 0 Å². The molecule has 3 aromatic carbocycles. The molecule has 35 heavy (non-hydrogen) atoms. The molecule has 0 radical (unpaired) electrons. The summed E-state index contributed by atoms with van der Waals surface area (Å²) < 4.78 is 7.64. The molecule has 2 amide bonds. The van der Waals surface area contributed by atoms with Gasteiger partial charge in [0.1, 0.15) is 11.8 Å². The van der Waals surface area contributed by atoms with Crippen molar-refractivity contribution in [2.24, 2.45) is 0 Å². The number of halogens is 2. The van der Waals surface area contributed by atoms with Gasteiger partial charge in [-0.15, -0.1) is 0 Å². The highest BCUT2D eigenvalue weighted by molar-refractivity contribution is 9.10. The molecule has 1 N–H and O–H groups in total. The van der Waals surface area contributed by atoms with E-state index in [-0.39, 0.29) is 18.4 Å². The van der Waals surface area contributed by atoms with Gasteiger partial charge < -0.3 is 15.0 Å². The van der Waals surface area contributed by atoms with Gasteiger partial charge in [0.05, 0.1) is 0 Å². The molecule has 0 fully saturated rings. The van der Waals surface area contributed by atoms with Crippen LogP contribution in [0.3, 0.4) is 0 Å². The maximum Gasteiger partial charge on any atom is 0.261 e. The van der Waals surface area contributed by atoms with E-state index in [2.05, 4.69) is 44.1 Å². The van der Waals surface area contributed by atoms with Crippen molar-refractivity contribution in [2.45, 2.75) is 38.8 Å². The fourth-order valence-corrected chi connectivity index (χ4v) is 4.36. The molecule has 0 aliphatic heterocycles. The molecule has 7 heteroatoms. The van der Waals surface area contributed by atoms with E-state index in [0.29, 0.717) is 25.3 Å². The highest BCUT2D eigenvalue weighted by Crippen LogP contribution is 2.19. The Morgan fingerprint density at radius 3 is 2.31 bits per heavy atom. The predicted molar refractivity (Wildman–Crippen MR) is 146 cm³/mol. The summed E-state index contributed by atoms with van der Waals surface area (Å²) in [7, 11) is 0. The van der Waals surface area contributed by atoms with Gasteiger partial charge >= 0.3 is 0 Å². The lowest BCUT2D eigenvalue weighted by Crippen LogP contribution is -2.51. The molecular formula is C28H30Br2N2O3. The molecule has 1 atom stereocenters. The van der Waals surface area contributed by atoms with Crippen LogP contribution in [0.5, 0.6) is 5.75 Å². The van der Waals surface area contributed by atoms with E-state index in [1.54, 1.807) is 17.0 Å². The Morgan fingerprint density at radius 1 is 0.914 bits per heavy atom. The number of carbonyl (C=O) groups excluding carboxylic acids is 2. The molecule has 0 saturated carbocycles. The lowest BCUT2D eigenvalue weighted by atomic mass is 10.0. The second-order valence-corrected chi connectivity index (χ2v) is 10.1. The first kappa shape index (κ1) is 27.0. The number of carbonyl (C=O) groups is 2. The molecule has 0 aliphatic carbocycles. The Morgan fingerprint density at radius 2 is 1.63 bits per heavy atom. The predicted octanol–water partition coefficient (Wildman–Crippen LogP) is 6.15. The number of nitrogens with zero attached hydrogens (tertiary/aromatic N) is 1. The van der Waals surface area contributed by atoms with Crippen LogP contribution in [0.1, 0.15) is 30.9 Å². The van der Waals surface area contributed by atoms with Gasteiger partial charge in [0.2, 0.25) is 5.91 Å². The third kappa shape index (κ3) is 8.82. The first-order valence-electron chi connectivity index (χ1n) is 11.7. The van der Waals surface area contributed by atoms with Crippen molar-refractivity contribution in [1.82, 2.24) is 10.2 Å². The van der Waals surface area contributed by atoms with E-state index in [1.165, 1.54) is 0 Å². The second-order valence-electron chi connectivity index (χ2n) is 8.24. The summed E-state index contributed by atoms with van der Waals surface area (Å²) in [4.78, 5) is 28.5. The second kappa shape index (κ2) is 14.0. The Labute approximate surface area is 224 Å². The molecule has 3 rings (SSSR count). The monoisotopic (exact) mass is 600 g/mol. The molecule has 0 aliphatic rings. The van der Waals surface area contributed by atoms with Crippen molar-refractivity contribution in [3.63, 3.8) is 0 Å². The summed E-state index contributed by atoms with van der Waals surface area (Å²) in [6, 6.07) is 24.2. The zero-order valence-corrected chi connectivity index (χ0v) is 22.9. The summed E-state index contributed by atoms with van der Waals surface area (Å²) in [5.41, 5.74) is 1.92. The van der Waals surface area contributed by atoms with Crippen LogP contribution in [0.25, 0.3) is 0 Å². The van der Waals surface area contributed by atoms with E-state index in [1.807, 2.05) is 66.7 Å². The van der Waals surface area contributed by atoms with Gasteiger partial charge in [0.25, 0.3) is 5.91 Å². The standard InChI is InChI=1S/C28H30Br2N2O3/c1-2-3-16-31-28(34)26(18-21-8-5-4-6-9-21)32(19-22-10-7-11-24(30)17-22)27(33)20-35-25-14-12-23(29)13-15-25/h4-15,17,26H,2-3,16,18-20H2,1H3,(H,31,34)/t26-/m0/s1. The third-order valence-electron chi connectivity index (χ3n) is 5.52. The number of hydrogen-bond donors (Lipinski definition) is 1. The number of hydrogen-bond acceptors (Lipinski definition) is 3. The molecule has 0 unspecified atom stereocenters. The summed E-state index contributed by atoms with van der Waals surface area (Å²) in [5, 5.41) is 3.03. The van der Waals surface area contributed by atoms with Gasteiger partial charge in [-0.1, -0.05) is 87.7 Å². The first-order chi connectivity index (χ1) is 17.0. The summed E-state index contributed by atoms with van der Waals surface area (Å²) in [6.45, 7) is 2.79. The summed E-state index contributed by atoms with van der Waals surface area (Å²) in [6.07, 6.45) is 2.28. The molecule has 0 bridgehead atoms. The van der Waals surface area contributed by atoms with Gasteiger partial charge in [-0.25, -0.2) is 0 Å². The van der Waals surface area contributed by atoms with Gasteiger partial charge in [-0.3, -0.25) is 9.59 Å². The number of rotatable bonds is 12. The van der Waals surface area contributed by atoms with Crippen LogP contribution in [0, 0.1) is 0 Å². The molecule has 0 saturated heterocycles. The van der Waals surface area contributed by atoms with Crippen molar-refractivity contribution in [1.29, 1.82) is 0 Å². The van der Waals surface area contributed by atoms with Crippen LogP contribution in [-0.2, 0) is 22.6 Å². The Hall–Kier alpha value is -2.64. The van der Waals surface area contributed by atoms with Crippen molar-refractivity contribution < 1.29 is 14.3 Å². The van der Waals surface area contributed by atoms with Crippen molar-refractivity contribution >= 4 is 43.7 Å². The number of ether oxygens (including phenoxy) is 1. The molecule has 0 spiro atoms. The van der Waals surface area contributed by atoms with Crippen LogP contribution in [-0.4, -0.2) is 35.9 Å². The number of nitrogens with one attached hydrogen (secondary N) is 1. The first-order valence-corrected chi connectivity index (χ1v) is 13.3. The minimum atomic E-state index is -0.672. The van der Waals surface area contributed by atoms with Crippen molar-refractivity contribution in [3.8, 4) is 5.75 Å². The van der Waals surface area contributed by atoms with Gasteiger partial charge in [0.15, 0.2) is 6.61 Å². The van der Waals surface area contributed by atoms with Crippen molar-refractivity contribution in [2.75, 3.05) is 13.2 Å². The largest absolute Gasteiger partial charge is 0.484 e. The zero-order valence-electron chi connectivity index (χ0n) is 19.8. The molecule has 3 aromatic rings. The van der Waals surface area contributed by atoms with Crippen LogP contribution >= 0.6 is 31.9 Å². The maximum absolute atomic E-state index is 13.5. The minimum absolute atomic E-state index is 0.158. The van der Waals surface area contributed by atoms with E-state index < -0.39 is 6.04 Å². The van der Waals surface area contributed by atoms with E-state index in [4.69, 9.17) is 4.74 Å². The number of benzene rings is 3. The Balaban J connectivity index is 1.87. The quantitative estimate of drug-likeness (QED) is 0.253. The normalized spacial score (nSPS) is 11.5. The molecule has 5 nitrogen and oxygen atoms in total. The average molecular weight is 602 g/mol. The summed E-state index contributed by atoms with van der Waals surface area (Å²) >= 11 is 6.91. The maximum atomic E-state index is 13.5. The summed E-state index contributed by atoms with van der Waals surface area (Å²) in [5.74, 6) is 0.185. The van der Waals surface area contributed by atoms with Gasteiger partial charge in [-0.2, -0.15) is 0 Å². The minimum Gasteiger partial charge on any atom is -0.484 e. The molecule has 0 heterocycles. The lowest BCUT2D eigenvalue weighted by Gasteiger charge is -2.31. The highest BCUT2D eigenvalue weighted by atomic mass is 79.9. The topological polar surface area (TPSA) is 58.6 Å². The molecule has 0 aromatic heterocycles. The van der Waals surface area contributed by atoms with E-state index in [0.717, 1.165) is 32.9 Å². The van der Waals surface area contributed by atoms with Crippen molar-refractivity contribution in [3.05, 3.63) is 98.9 Å². The highest BCUT2D eigenvalue weighted by Gasteiger charge is 2.30. The van der Waals surface area contributed by atoms with Crippen LogP contribution in [0.15, 0.2) is 87.8 Å². The zero-order chi connectivity index (χ0) is 25.0. The van der Waals surface area contributed by atoms with E-state index >= 15 is 0 Å². The third-order valence-corrected chi connectivity index (χ3v) is 6.54. The lowest BCUT2D eigenvalue weighted by molar-refractivity contribution is -0.142.